The number of hydrogen-bond acceptors (Lipinski definition) is 3. The van der Waals surface area contributed by atoms with Crippen LogP contribution in [0, 0.1) is 5.92 Å². The second kappa shape index (κ2) is 8.67. The SMILES string of the molecule is CC1CC(NC(=O)OCc2ccccc2)CN(Cc2ccccc2)C1. The van der Waals surface area contributed by atoms with E-state index >= 15 is 0 Å². The average molecular weight is 338 g/mol. The molecule has 1 aliphatic rings. The quantitative estimate of drug-likeness (QED) is 0.901. The van der Waals surface area contributed by atoms with Crippen LogP contribution < -0.4 is 5.32 Å². The van der Waals surface area contributed by atoms with Gasteiger partial charge in [-0.15, -0.1) is 0 Å². The average Bonchev–Trinajstić information content (AvgIpc) is 2.61. The molecule has 1 fully saturated rings. The molecule has 2 aromatic carbocycles. The zero-order chi connectivity index (χ0) is 17.5. The summed E-state index contributed by atoms with van der Waals surface area (Å²) in [4.78, 5) is 14.5. The van der Waals surface area contributed by atoms with E-state index in [-0.39, 0.29) is 12.1 Å². The van der Waals surface area contributed by atoms with Crippen molar-refractivity contribution in [2.24, 2.45) is 5.92 Å². The van der Waals surface area contributed by atoms with Gasteiger partial charge in [-0.1, -0.05) is 67.6 Å². The first-order chi connectivity index (χ1) is 12.2. The molecule has 1 aliphatic heterocycles. The van der Waals surface area contributed by atoms with Crippen LogP contribution in [0.1, 0.15) is 24.5 Å². The van der Waals surface area contributed by atoms with E-state index in [0.717, 1.165) is 31.6 Å². The van der Waals surface area contributed by atoms with Gasteiger partial charge in [0.1, 0.15) is 6.61 Å². The van der Waals surface area contributed by atoms with Crippen LogP contribution in [-0.4, -0.2) is 30.1 Å². The van der Waals surface area contributed by atoms with E-state index in [4.69, 9.17) is 4.74 Å². The molecule has 0 saturated carbocycles. The number of hydrogen-bond donors (Lipinski definition) is 1. The third-order valence-electron chi connectivity index (χ3n) is 4.52. The predicted octanol–water partition coefficient (Wildman–Crippen LogP) is 3.82. The van der Waals surface area contributed by atoms with Crippen LogP contribution in [0.2, 0.25) is 0 Å². The molecular weight excluding hydrogens is 312 g/mol. The Morgan fingerprint density at radius 1 is 1.04 bits per heavy atom. The van der Waals surface area contributed by atoms with Crippen molar-refractivity contribution >= 4 is 6.09 Å². The fraction of sp³-hybridized carbons (Fsp3) is 0.381. The Kier molecular flexibility index (Phi) is 6.07. The Morgan fingerprint density at radius 3 is 2.36 bits per heavy atom. The van der Waals surface area contributed by atoms with Gasteiger partial charge in [0.15, 0.2) is 0 Å². The van der Waals surface area contributed by atoms with Gasteiger partial charge in [-0.2, -0.15) is 0 Å². The van der Waals surface area contributed by atoms with Crippen molar-refractivity contribution in [3.63, 3.8) is 0 Å². The van der Waals surface area contributed by atoms with Crippen molar-refractivity contribution in [1.29, 1.82) is 0 Å². The summed E-state index contributed by atoms with van der Waals surface area (Å²) in [6.45, 7) is 5.39. The number of piperidine rings is 1. The Bertz CT molecular complexity index is 660. The van der Waals surface area contributed by atoms with E-state index in [0.29, 0.717) is 12.5 Å². The Hall–Kier alpha value is -2.33. The summed E-state index contributed by atoms with van der Waals surface area (Å²) >= 11 is 0. The molecule has 3 rings (SSSR count). The minimum atomic E-state index is -0.331. The predicted molar refractivity (Wildman–Crippen MR) is 99.1 cm³/mol. The number of alkyl carbamates (subject to hydrolysis) is 1. The fourth-order valence-electron chi connectivity index (χ4n) is 3.47. The topological polar surface area (TPSA) is 41.6 Å². The summed E-state index contributed by atoms with van der Waals surface area (Å²) in [5.41, 5.74) is 2.31. The molecule has 1 heterocycles. The van der Waals surface area contributed by atoms with Gasteiger partial charge in [0.25, 0.3) is 0 Å². The van der Waals surface area contributed by atoms with Gasteiger partial charge in [0.2, 0.25) is 0 Å². The standard InChI is InChI=1S/C21H26N2O2/c1-17-12-20(15-23(13-17)14-18-8-4-2-5-9-18)22-21(24)25-16-19-10-6-3-7-11-19/h2-11,17,20H,12-16H2,1H3,(H,22,24). The van der Waals surface area contributed by atoms with Crippen molar-refractivity contribution in [3.05, 3.63) is 71.8 Å². The van der Waals surface area contributed by atoms with E-state index in [1.165, 1.54) is 5.56 Å². The van der Waals surface area contributed by atoms with Crippen molar-refractivity contribution in [3.8, 4) is 0 Å². The zero-order valence-corrected chi connectivity index (χ0v) is 14.7. The normalized spacial score (nSPS) is 20.8. The molecule has 0 bridgehead atoms. The third-order valence-corrected chi connectivity index (χ3v) is 4.52. The van der Waals surface area contributed by atoms with Crippen LogP contribution in [-0.2, 0) is 17.9 Å². The molecule has 0 aromatic heterocycles. The lowest BCUT2D eigenvalue weighted by Gasteiger charge is -2.36. The van der Waals surface area contributed by atoms with Gasteiger partial charge in [-0.25, -0.2) is 4.79 Å². The highest BCUT2D eigenvalue weighted by Crippen LogP contribution is 2.18. The van der Waals surface area contributed by atoms with Crippen molar-refractivity contribution in [1.82, 2.24) is 10.2 Å². The number of nitrogens with zero attached hydrogens (tertiary/aromatic N) is 1. The summed E-state index contributed by atoms with van der Waals surface area (Å²) in [6.07, 6.45) is 0.661. The molecule has 1 saturated heterocycles. The van der Waals surface area contributed by atoms with E-state index in [1.807, 2.05) is 36.4 Å². The molecule has 25 heavy (non-hydrogen) atoms. The van der Waals surface area contributed by atoms with E-state index in [9.17, 15) is 4.79 Å². The summed E-state index contributed by atoms with van der Waals surface area (Å²) in [6, 6.07) is 20.4. The van der Waals surface area contributed by atoms with Gasteiger partial charge >= 0.3 is 6.09 Å². The molecule has 1 amide bonds. The van der Waals surface area contributed by atoms with E-state index < -0.39 is 0 Å². The smallest absolute Gasteiger partial charge is 0.407 e. The Morgan fingerprint density at radius 2 is 1.68 bits per heavy atom. The van der Waals surface area contributed by atoms with Crippen LogP contribution >= 0.6 is 0 Å². The first-order valence-electron chi connectivity index (χ1n) is 8.92. The number of amides is 1. The molecule has 2 aromatic rings. The van der Waals surface area contributed by atoms with Crippen molar-refractivity contribution in [2.75, 3.05) is 13.1 Å². The number of carbonyl (C=O) groups excluding carboxylic acids is 1. The second-order valence-corrected chi connectivity index (χ2v) is 6.92. The van der Waals surface area contributed by atoms with Crippen LogP contribution in [0.15, 0.2) is 60.7 Å². The summed E-state index contributed by atoms with van der Waals surface area (Å²) in [7, 11) is 0. The molecule has 2 atom stereocenters. The van der Waals surface area contributed by atoms with Crippen LogP contribution in [0.3, 0.4) is 0 Å². The maximum Gasteiger partial charge on any atom is 0.407 e. The number of carbonyl (C=O) groups is 1. The number of benzene rings is 2. The largest absolute Gasteiger partial charge is 0.445 e. The highest BCUT2D eigenvalue weighted by atomic mass is 16.5. The zero-order valence-electron chi connectivity index (χ0n) is 14.7. The van der Waals surface area contributed by atoms with Gasteiger partial charge in [-0.05, 0) is 23.5 Å². The lowest BCUT2D eigenvalue weighted by Crippen LogP contribution is -2.50. The lowest BCUT2D eigenvalue weighted by atomic mass is 9.95. The molecule has 0 radical (unpaired) electrons. The first-order valence-corrected chi connectivity index (χ1v) is 8.92. The van der Waals surface area contributed by atoms with Gasteiger partial charge in [-0.3, -0.25) is 4.90 Å². The van der Waals surface area contributed by atoms with Crippen LogP contribution in [0.25, 0.3) is 0 Å². The number of ether oxygens (including phenoxy) is 1. The second-order valence-electron chi connectivity index (χ2n) is 6.92. The molecule has 2 unspecified atom stereocenters. The first kappa shape index (κ1) is 17.5. The van der Waals surface area contributed by atoms with Gasteiger partial charge in [0.05, 0.1) is 0 Å². The molecule has 132 valence electrons. The van der Waals surface area contributed by atoms with Gasteiger partial charge in [0, 0.05) is 25.7 Å². The van der Waals surface area contributed by atoms with Crippen LogP contribution in [0.5, 0.6) is 0 Å². The minimum Gasteiger partial charge on any atom is -0.445 e. The van der Waals surface area contributed by atoms with Crippen LogP contribution in [0.4, 0.5) is 4.79 Å². The highest BCUT2D eigenvalue weighted by molar-refractivity contribution is 5.67. The Balaban J connectivity index is 1.48. The maximum absolute atomic E-state index is 12.1. The molecular formula is C21H26N2O2. The molecule has 4 nitrogen and oxygen atoms in total. The lowest BCUT2D eigenvalue weighted by molar-refractivity contribution is 0.111. The van der Waals surface area contributed by atoms with Crippen molar-refractivity contribution < 1.29 is 9.53 Å². The Labute approximate surface area is 149 Å². The molecule has 1 N–H and O–H groups in total. The number of rotatable bonds is 5. The number of likely N-dealkylation sites (tertiary alicyclic amines) is 1. The maximum atomic E-state index is 12.1. The fourth-order valence-corrected chi connectivity index (χ4v) is 3.47. The summed E-state index contributed by atoms with van der Waals surface area (Å²) in [5, 5.41) is 3.03. The summed E-state index contributed by atoms with van der Waals surface area (Å²) in [5.74, 6) is 0.553. The van der Waals surface area contributed by atoms with Gasteiger partial charge < -0.3 is 10.1 Å². The highest BCUT2D eigenvalue weighted by Gasteiger charge is 2.26. The third kappa shape index (κ3) is 5.61. The molecule has 4 heteroatoms. The van der Waals surface area contributed by atoms with E-state index in [2.05, 4.69) is 41.4 Å². The van der Waals surface area contributed by atoms with E-state index in [1.54, 1.807) is 0 Å². The minimum absolute atomic E-state index is 0.135. The molecule has 0 spiro atoms. The molecule has 0 aliphatic carbocycles. The number of nitrogens with one attached hydrogen (secondary N) is 1. The summed E-state index contributed by atoms with van der Waals surface area (Å²) < 4.78 is 5.35. The monoisotopic (exact) mass is 338 g/mol. The van der Waals surface area contributed by atoms with Crippen molar-refractivity contribution in [2.45, 2.75) is 32.5 Å².